The summed E-state index contributed by atoms with van der Waals surface area (Å²) in [6, 6.07) is 0. The monoisotopic (exact) mass is 326 g/mol. The summed E-state index contributed by atoms with van der Waals surface area (Å²) in [6.45, 7) is 12.1. The third kappa shape index (κ3) is 2.17. The molecule has 1 spiro atoms. The van der Waals surface area contributed by atoms with Crippen LogP contribution in [0.15, 0.2) is 0 Å². The van der Waals surface area contributed by atoms with E-state index in [1.165, 1.54) is 0 Å². The minimum absolute atomic E-state index is 0.133. The fourth-order valence-electron chi connectivity index (χ4n) is 4.03. The second-order valence-corrected chi connectivity index (χ2v) is 8.63. The predicted molar refractivity (Wildman–Crippen MR) is 82.9 cm³/mol. The number of hydrogen-bond acceptors (Lipinski definition) is 6. The zero-order chi connectivity index (χ0) is 16.8. The number of rotatable bonds is 2. The van der Waals surface area contributed by atoms with Crippen molar-refractivity contribution in [3.8, 4) is 0 Å². The molecule has 2 unspecified atom stereocenters. The lowest BCUT2D eigenvalue weighted by atomic mass is 9.78. The standard InChI is InChI=1S/C16H27BO6/c1-13(2)14(3,4)23-17(22-13)9-8-16(9)11-10(12(18-7)21-16)19-15(5,6)20-11/h9-12H,8H2,1-7H3/t9-,10?,11?,12-,16-/m1/s1. The van der Waals surface area contributed by atoms with E-state index in [2.05, 4.69) is 27.7 Å². The van der Waals surface area contributed by atoms with Crippen LogP contribution in [0.5, 0.6) is 0 Å². The molecule has 3 heterocycles. The molecule has 0 aromatic heterocycles. The molecular formula is C16H27BO6. The van der Waals surface area contributed by atoms with Crippen molar-refractivity contribution >= 4 is 7.12 Å². The fourth-order valence-corrected chi connectivity index (χ4v) is 4.03. The molecule has 0 radical (unpaired) electrons. The van der Waals surface area contributed by atoms with Crippen LogP contribution >= 0.6 is 0 Å². The quantitative estimate of drug-likeness (QED) is 0.725. The normalized spacial score (nSPS) is 48.9. The van der Waals surface area contributed by atoms with E-state index in [9.17, 15) is 0 Å². The molecule has 1 saturated carbocycles. The molecule has 0 amide bonds. The van der Waals surface area contributed by atoms with Crippen LogP contribution in [0.25, 0.3) is 0 Å². The molecule has 7 heteroatoms. The van der Waals surface area contributed by atoms with Crippen molar-refractivity contribution in [3.05, 3.63) is 0 Å². The highest BCUT2D eigenvalue weighted by molar-refractivity contribution is 6.49. The Kier molecular flexibility index (Phi) is 3.19. The molecule has 0 bridgehead atoms. The van der Waals surface area contributed by atoms with Gasteiger partial charge in [0.05, 0.1) is 11.2 Å². The summed E-state index contributed by atoms with van der Waals surface area (Å²) in [5.41, 5.74) is -1.11. The average Bonchev–Trinajstić information content (AvgIpc) is 2.86. The summed E-state index contributed by atoms with van der Waals surface area (Å²) >= 11 is 0. The molecule has 4 aliphatic rings. The molecule has 1 aliphatic carbocycles. The Hall–Kier alpha value is -0.175. The van der Waals surface area contributed by atoms with Crippen LogP contribution in [-0.4, -0.2) is 55.3 Å². The van der Waals surface area contributed by atoms with Gasteiger partial charge in [-0.3, -0.25) is 0 Å². The topological polar surface area (TPSA) is 55.4 Å². The van der Waals surface area contributed by atoms with Crippen LogP contribution in [0.3, 0.4) is 0 Å². The van der Waals surface area contributed by atoms with Crippen LogP contribution in [0.2, 0.25) is 5.82 Å². The average molecular weight is 326 g/mol. The first kappa shape index (κ1) is 16.3. The van der Waals surface area contributed by atoms with E-state index in [0.29, 0.717) is 0 Å². The van der Waals surface area contributed by atoms with Crippen LogP contribution in [0.4, 0.5) is 0 Å². The van der Waals surface area contributed by atoms with Crippen LogP contribution in [0, 0.1) is 0 Å². The van der Waals surface area contributed by atoms with Gasteiger partial charge < -0.3 is 28.3 Å². The van der Waals surface area contributed by atoms with Crippen molar-refractivity contribution in [1.82, 2.24) is 0 Å². The highest BCUT2D eigenvalue weighted by Gasteiger charge is 2.78. The zero-order valence-electron chi connectivity index (χ0n) is 15.0. The Morgan fingerprint density at radius 3 is 2.09 bits per heavy atom. The SMILES string of the molecule is CO[C@@H]1O[C@@]2(C[C@H]2B2OC(C)(C)C(C)(C)O2)C2OC(C)(C)OC21. The van der Waals surface area contributed by atoms with E-state index < -0.39 is 17.7 Å². The molecule has 4 fully saturated rings. The van der Waals surface area contributed by atoms with Gasteiger partial charge in [-0.15, -0.1) is 0 Å². The second-order valence-electron chi connectivity index (χ2n) is 8.63. The fraction of sp³-hybridized carbons (Fsp3) is 1.00. The minimum Gasteiger partial charge on any atom is -0.403 e. The van der Waals surface area contributed by atoms with Gasteiger partial charge >= 0.3 is 7.12 Å². The Labute approximate surface area is 138 Å². The predicted octanol–water partition coefficient (Wildman–Crippen LogP) is 2.11. The summed E-state index contributed by atoms with van der Waals surface area (Å²) in [5, 5.41) is 0. The highest BCUT2D eigenvalue weighted by Crippen LogP contribution is 2.66. The Balaban J connectivity index is 1.56. The van der Waals surface area contributed by atoms with E-state index >= 15 is 0 Å². The van der Waals surface area contributed by atoms with Gasteiger partial charge in [-0.2, -0.15) is 0 Å². The zero-order valence-corrected chi connectivity index (χ0v) is 15.0. The van der Waals surface area contributed by atoms with Crippen molar-refractivity contribution in [2.45, 2.75) is 94.9 Å². The second kappa shape index (κ2) is 4.51. The lowest BCUT2D eigenvalue weighted by molar-refractivity contribution is -0.232. The number of hydrogen-bond donors (Lipinski definition) is 0. The first-order chi connectivity index (χ1) is 10.5. The molecule has 23 heavy (non-hydrogen) atoms. The highest BCUT2D eigenvalue weighted by atomic mass is 16.8. The van der Waals surface area contributed by atoms with E-state index in [1.54, 1.807) is 7.11 Å². The Bertz CT molecular complexity index is 505. The molecule has 5 atom stereocenters. The Morgan fingerprint density at radius 1 is 0.913 bits per heavy atom. The van der Waals surface area contributed by atoms with Gasteiger partial charge in [-0.1, -0.05) is 0 Å². The molecular weight excluding hydrogens is 299 g/mol. The van der Waals surface area contributed by atoms with Crippen LogP contribution in [-0.2, 0) is 28.3 Å². The third-order valence-electron chi connectivity index (χ3n) is 6.05. The first-order valence-electron chi connectivity index (χ1n) is 8.43. The van der Waals surface area contributed by atoms with Gasteiger partial charge in [0, 0.05) is 12.9 Å². The van der Waals surface area contributed by atoms with Gasteiger partial charge in [0.2, 0.25) is 0 Å². The van der Waals surface area contributed by atoms with E-state index in [0.717, 1.165) is 6.42 Å². The minimum atomic E-state index is -0.619. The molecule has 6 nitrogen and oxygen atoms in total. The van der Waals surface area contributed by atoms with Crippen LogP contribution in [0.1, 0.15) is 48.0 Å². The largest absolute Gasteiger partial charge is 0.464 e. The van der Waals surface area contributed by atoms with Gasteiger partial charge in [-0.05, 0) is 48.0 Å². The molecule has 0 N–H and O–H groups in total. The summed E-state index contributed by atoms with van der Waals surface area (Å²) in [4.78, 5) is 0. The Morgan fingerprint density at radius 2 is 1.52 bits per heavy atom. The van der Waals surface area contributed by atoms with Crippen molar-refractivity contribution in [1.29, 1.82) is 0 Å². The molecule has 0 aromatic carbocycles. The lowest BCUT2D eigenvalue weighted by Gasteiger charge is -2.32. The van der Waals surface area contributed by atoms with E-state index in [1.807, 2.05) is 13.8 Å². The summed E-state index contributed by atoms with van der Waals surface area (Å²) < 4.78 is 36.2. The smallest absolute Gasteiger partial charge is 0.403 e. The maximum atomic E-state index is 6.20. The van der Waals surface area contributed by atoms with Gasteiger partial charge in [0.25, 0.3) is 0 Å². The maximum Gasteiger partial charge on any atom is 0.464 e. The summed E-state index contributed by atoms with van der Waals surface area (Å²) in [6.07, 6.45) is 0.0766. The van der Waals surface area contributed by atoms with Crippen molar-refractivity contribution in [2.75, 3.05) is 7.11 Å². The van der Waals surface area contributed by atoms with Crippen molar-refractivity contribution in [3.63, 3.8) is 0 Å². The first-order valence-corrected chi connectivity index (χ1v) is 8.43. The third-order valence-corrected chi connectivity index (χ3v) is 6.05. The van der Waals surface area contributed by atoms with Crippen LogP contribution < -0.4 is 0 Å². The number of ether oxygens (including phenoxy) is 4. The van der Waals surface area contributed by atoms with E-state index in [-0.39, 0.29) is 36.3 Å². The molecule has 0 aromatic rings. The summed E-state index contributed by atoms with van der Waals surface area (Å²) in [5.74, 6) is -0.486. The van der Waals surface area contributed by atoms with Gasteiger partial charge in [0.1, 0.15) is 17.8 Å². The molecule has 3 saturated heterocycles. The number of methoxy groups -OCH3 is 1. The number of fused-ring (bicyclic) bond motifs is 2. The maximum absolute atomic E-state index is 6.20. The molecule has 3 aliphatic heterocycles. The molecule has 4 rings (SSSR count). The van der Waals surface area contributed by atoms with Gasteiger partial charge in [0.15, 0.2) is 12.1 Å². The molecule has 130 valence electrons. The van der Waals surface area contributed by atoms with E-state index in [4.69, 9.17) is 28.3 Å². The van der Waals surface area contributed by atoms with Gasteiger partial charge in [-0.25, -0.2) is 0 Å². The lowest BCUT2D eigenvalue weighted by Crippen LogP contribution is -2.41. The van der Waals surface area contributed by atoms with Crippen molar-refractivity contribution in [2.24, 2.45) is 0 Å². The summed E-state index contributed by atoms with van der Waals surface area (Å²) in [7, 11) is 1.35. The van der Waals surface area contributed by atoms with Crippen molar-refractivity contribution < 1.29 is 28.3 Å².